The number of benzene rings is 1. The van der Waals surface area contributed by atoms with E-state index < -0.39 is 0 Å². The number of hydrogen-bond donors (Lipinski definition) is 2. The second kappa shape index (κ2) is 5.72. The number of phenolic OH excluding ortho intramolecular Hbond substituents is 1. The van der Waals surface area contributed by atoms with Crippen molar-refractivity contribution in [3.8, 4) is 11.8 Å². The van der Waals surface area contributed by atoms with Crippen LogP contribution in [0.3, 0.4) is 0 Å². The third kappa shape index (κ3) is 3.60. The monoisotopic (exact) mass is 318 g/mol. The van der Waals surface area contributed by atoms with E-state index in [2.05, 4.69) is 15.9 Å². The lowest BCUT2D eigenvalue weighted by atomic mass is 9.82. The topological polar surface area (TPSA) is 70.0 Å². The Kier molecular flexibility index (Phi) is 5.47. The van der Waals surface area contributed by atoms with Crippen LogP contribution in [-0.4, -0.2) is 5.11 Å². The number of aromatic hydroxyl groups is 1. The van der Waals surface area contributed by atoms with Crippen molar-refractivity contribution in [1.29, 1.82) is 5.26 Å². The summed E-state index contributed by atoms with van der Waals surface area (Å²) in [5, 5.41) is 18.8. The summed E-state index contributed by atoms with van der Waals surface area (Å²) in [6.07, 6.45) is 0. The van der Waals surface area contributed by atoms with E-state index >= 15 is 0 Å². The van der Waals surface area contributed by atoms with E-state index in [4.69, 9.17) is 11.0 Å². The molecule has 0 spiro atoms. The van der Waals surface area contributed by atoms with E-state index in [9.17, 15) is 5.11 Å². The molecule has 0 radical (unpaired) electrons. The summed E-state index contributed by atoms with van der Waals surface area (Å²) in [4.78, 5) is 0. The van der Waals surface area contributed by atoms with Crippen molar-refractivity contribution in [2.75, 3.05) is 0 Å². The van der Waals surface area contributed by atoms with Crippen molar-refractivity contribution >= 4 is 28.3 Å². The molecule has 1 atom stereocenters. The highest BCUT2D eigenvalue weighted by molar-refractivity contribution is 9.10. The first kappa shape index (κ1) is 16.2. The van der Waals surface area contributed by atoms with Crippen molar-refractivity contribution in [2.45, 2.75) is 26.8 Å². The smallest absolute Gasteiger partial charge is 0.134 e. The molecule has 0 saturated heterocycles. The lowest BCUT2D eigenvalue weighted by molar-refractivity contribution is 0.317. The summed E-state index contributed by atoms with van der Waals surface area (Å²) in [6.45, 7) is 5.97. The maximum atomic E-state index is 9.91. The quantitative estimate of drug-likeness (QED) is 0.832. The number of nitrogens with zero attached hydrogens (tertiary/aromatic N) is 1. The number of hydrogen-bond acceptors (Lipinski definition) is 3. The van der Waals surface area contributed by atoms with E-state index in [1.165, 1.54) is 0 Å². The van der Waals surface area contributed by atoms with Gasteiger partial charge >= 0.3 is 0 Å². The fourth-order valence-electron chi connectivity index (χ4n) is 1.39. The van der Waals surface area contributed by atoms with Gasteiger partial charge in [-0.1, -0.05) is 20.8 Å². The molecule has 5 heteroatoms. The van der Waals surface area contributed by atoms with Crippen molar-refractivity contribution in [2.24, 2.45) is 11.1 Å². The fourth-order valence-corrected chi connectivity index (χ4v) is 1.86. The Morgan fingerprint density at radius 3 is 2.35 bits per heavy atom. The van der Waals surface area contributed by atoms with Gasteiger partial charge in [-0.05, 0) is 33.5 Å². The van der Waals surface area contributed by atoms with Gasteiger partial charge in [-0.15, -0.1) is 12.4 Å². The van der Waals surface area contributed by atoms with Crippen LogP contribution in [0.15, 0.2) is 16.6 Å². The predicted octanol–water partition coefficient (Wildman–Crippen LogP) is 3.49. The van der Waals surface area contributed by atoms with Crippen LogP contribution in [0.1, 0.15) is 37.9 Å². The molecule has 0 fully saturated rings. The van der Waals surface area contributed by atoms with Gasteiger partial charge in [0.15, 0.2) is 0 Å². The second-order valence-electron chi connectivity index (χ2n) is 4.85. The lowest BCUT2D eigenvalue weighted by Crippen LogP contribution is -2.26. The van der Waals surface area contributed by atoms with Gasteiger partial charge in [0.1, 0.15) is 5.75 Å². The minimum atomic E-state index is -0.322. The number of rotatable bonds is 1. The van der Waals surface area contributed by atoms with Gasteiger partial charge in [-0.2, -0.15) is 5.26 Å². The summed E-state index contributed by atoms with van der Waals surface area (Å²) < 4.78 is 0.501. The van der Waals surface area contributed by atoms with Gasteiger partial charge in [-0.25, -0.2) is 0 Å². The number of phenols is 1. The van der Waals surface area contributed by atoms with Crippen LogP contribution >= 0.6 is 28.3 Å². The van der Waals surface area contributed by atoms with Crippen LogP contribution in [0, 0.1) is 16.7 Å². The van der Waals surface area contributed by atoms with Crippen molar-refractivity contribution in [3.05, 3.63) is 27.7 Å². The summed E-state index contributed by atoms with van der Waals surface area (Å²) in [5.74, 6) is 0.112. The lowest BCUT2D eigenvalue weighted by Gasteiger charge is -2.28. The molecule has 3 nitrogen and oxygen atoms in total. The first-order chi connectivity index (χ1) is 7.27. The molecule has 0 amide bonds. The molecule has 1 rings (SSSR count). The minimum Gasteiger partial charge on any atom is -0.506 e. The maximum absolute atomic E-state index is 9.91. The number of nitriles is 1. The normalized spacial score (nSPS) is 12.5. The molecule has 17 heavy (non-hydrogen) atoms. The largest absolute Gasteiger partial charge is 0.506 e. The summed E-state index contributed by atoms with van der Waals surface area (Å²) in [6, 6.07) is 4.94. The van der Waals surface area contributed by atoms with Crippen LogP contribution in [0.25, 0.3) is 0 Å². The molecule has 1 aromatic carbocycles. The van der Waals surface area contributed by atoms with Crippen molar-refractivity contribution in [3.63, 3.8) is 0 Å². The van der Waals surface area contributed by atoms with Gasteiger partial charge in [0.2, 0.25) is 0 Å². The van der Waals surface area contributed by atoms with Crippen molar-refractivity contribution in [1.82, 2.24) is 0 Å². The summed E-state index contributed by atoms with van der Waals surface area (Å²) in [7, 11) is 0. The summed E-state index contributed by atoms with van der Waals surface area (Å²) in [5.41, 5.74) is 6.98. The van der Waals surface area contributed by atoms with Gasteiger partial charge in [-0.3, -0.25) is 0 Å². The Balaban J connectivity index is 0.00000256. The zero-order valence-electron chi connectivity index (χ0n) is 9.99. The molecule has 1 aromatic rings. The maximum Gasteiger partial charge on any atom is 0.134 e. The van der Waals surface area contributed by atoms with Crippen molar-refractivity contribution < 1.29 is 5.11 Å². The van der Waals surface area contributed by atoms with Gasteiger partial charge in [0.05, 0.1) is 16.1 Å². The molecule has 94 valence electrons. The van der Waals surface area contributed by atoms with Gasteiger partial charge < -0.3 is 10.8 Å². The van der Waals surface area contributed by atoms with E-state index in [1.54, 1.807) is 12.1 Å². The molecule has 0 saturated carbocycles. The van der Waals surface area contributed by atoms with Gasteiger partial charge in [0, 0.05) is 11.6 Å². The van der Waals surface area contributed by atoms with Crippen LogP contribution in [-0.2, 0) is 0 Å². The number of halogens is 2. The SMILES string of the molecule is CC(C)(C)[C@@H](N)c1cc(C#N)cc(Br)c1O.Cl. The average Bonchev–Trinajstić information content (AvgIpc) is 2.19. The second-order valence-corrected chi connectivity index (χ2v) is 5.71. The Morgan fingerprint density at radius 1 is 1.41 bits per heavy atom. The van der Waals surface area contributed by atoms with Gasteiger partial charge in [0.25, 0.3) is 0 Å². The molecule has 0 aliphatic rings. The number of nitrogens with two attached hydrogens (primary N) is 1. The van der Waals surface area contributed by atoms with E-state index in [0.717, 1.165) is 0 Å². The molecule has 0 aliphatic heterocycles. The molecule has 3 N–H and O–H groups in total. The molecular formula is C12H16BrClN2O. The summed E-state index contributed by atoms with van der Waals surface area (Å²) >= 11 is 3.22. The molecule has 0 heterocycles. The highest BCUT2D eigenvalue weighted by atomic mass is 79.9. The Labute approximate surface area is 116 Å². The van der Waals surface area contributed by atoms with E-state index in [-0.39, 0.29) is 29.6 Å². The average molecular weight is 320 g/mol. The van der Waals surface area contributed by atoms with Crippen LogP contribution in [0.4, 0.5) is 0 Å². The first-order valence-electron chi connectivity index (χ1n) is 4.95. The Hall–Kier alpha value is -0.760. The minimum absolute atomic E-state index is 0. The first-order valence-corrected chi connectivity index (χ1v) is 5.74. The van der Waals surface area contributed by atoms with Crippen LogP contribution in [0.5, 0.6) is 5.75 Å². The van der Waals surface area contributed by atoms with Crippen LogP contribution < -0.4 is 5.73 Å². The third-order valence-electron chi connectivity index (χ3n) is 2.49. The Bertz CT molecular complexity index is 449. The third-order valence-corrected chi connectivity index (χ3v) is 3.09. The zero-order chi connectivity index (χ0) is 12.5. The highest BCUT2D eigenvalue weighted by Gasteiger charge is 2.26. The highest BCUT2D eigenvalue weighted by Crippen LogP contribution is 2.39. The van der Waals surface area contributed by atoms with Crippen LogP contribution in [0.2, 0.25) is 0 Å². The zero-order valence-corrected chi connectivity index (χ0v) is 12.4. The van der Waals surface area contributed by atoms with E-state index in [0.29, 0.717) is 15.6 Å². The molecule has 0 bridgehead atoms. The standard InChI is InChI=1S/C12H15BrN2O.ClH/c1-12(2,3)11(15)8-4-7(6-14)5-9(13)10(8)16;/h4-5,11,16H,15H2,1-3H3;1H/t11-;/m0./s1. The molecule has 0 aliphatic carbocycles. The molecular weight excluding hydrogens is 304 g/mol. The predicted molar refractivity (Wildman–Crippen MR) is 74.2 cm³/mol. The molecule has 0 unspecified atom stereocenters. The van der Waals surface area contributed by atoms with E-state index in [1.807, 2.05) is 26.8 Å². The fraction of sp³-hybridized carbons (Fsp3) is 0.417. The Morgan fingerprint density at radius 2 is 1.94 bits per heavy atom. The molecule has 0 aromatic heterocycles.